The molecule has 1 heterocycles. The summed E-state index contributed by atoms with van der Waals surface area (Å²) >= 11 is 18.7. The van der Waals surface area contributed by atoms with Gasteiger partial charge in [0.25, 0.3) is 5.91 Å². The van der Waals surface area contributed by atoms with Crippen molar-refractivity contribution in [2.45, 2.75) is 32.6 Å². The van der Waals surface area contributed by atoms with E-state index in [1.807, 2.05) is 75.4 Å². The van der Waals surface area contributed by atoms with E-state index in [2.05, 4.69) is 5.32 Å². The van der Waals surface area contributed by atoms with Crippen LogP contribution in [0.4, 0.5) is 5.82 Å². The number of rotatable bonds is 8. The number of nitrogens with zero attached hydrogens (tertiary/aromatic N) is 3. The first-order valence-corrected chi connectivity index (χ1v) is 13.6. The molecule has 2 amide bonds. The lowest BCUT2D eigenvalue weighted by atomic mass is 9.92. The minimum atomic E-state index is -0.370. The molecule has 0 unspecified atom stereocenters. The SMILES string of the molecule is CC(C)(C)c1cc(NC(=O)CN(CCc2ccccc2)C(=O)c2ccc(Cl)c(Cl)c2)n(-c2ccccc2Cl)n1. The van der Waals surface area contributed by atoms with Crippen LogP contribution in [-0.2, 0) is 16.6 Å². The van der Waals surface area contributed by atoms with Crippen molar-refractivity contribution in [2.75, 3.05) is 18.4 Å². The summed E-state index contributed by atoms with van der Waals surface area (Å²) in [6.07, 6.45) is 0.576. The highest BCUT2D eigenvalue weighted by molar-refractivity contribution is 6.42. The second-order valence-corrected chi connectivity index (χ2v) is 11.4. The third-order valence-electron chi connectivity index (χ3n) is 6.13. The van der Waals surface area contributed by atoms with E-state index in [1.165, 1.54) is 11.0 Å². The number of halogens is 3. The van der Waals surface area contributed by atoms with E-state index in [0.717, 1.165) is 11.3 Å². The lowest BCUT2D eigenvalue weighted by molar-refractivity contribution is -0.116. The van der Waals surface area contributed by atoms with E-state index >= 15 is 0 Å². The minimum absolute atomic E-state index is 0.176. The Balaban J connectivity index is 1.61. The molecule has 0 aliphatic carbocycles. The van der Waals surface area contributed by atoms with Crippen LogP contribution < -0.4 is 5.32 Å². The number of amides is 2. The molecule has 1 N–H and O–H groups in total. The predicted octanol–water partition coefficient (Wildman–Crippen LogP) is 7.45. The zero-order chi connectivity index (χ0) is 28.2. The summed E-state index contributed by atoms with van der Waals surface area (Å²) in [4.78, 5) is 28.4. The molecular formula is C30H29Cl3N4O2. The normalized spacial score (nSPS) is 11.3. The van der Waals surface area contributed by atoms with Crippen LogP contribution in [0.25, 0.3) is 5.69 Å². The molecule has 4 aromatic rings. The second kappa shape index (κ2) is 12.2. The van der Waals surface area contributed by atoms with Crippen LogP contribution in [0.15, 0.2) is 78.9 Å². The fourth-order valence-electron chi connectivity index (χ4n) is 3.97. The van der Waals surface area contributed by atoms with Crippen molar-refractivity contribution in [1.29, 1.82) is 0 Å². The zero-order valence-electron chi connectivity index (χ0n) is 21.9. The Labute approximate surface area is 243 Å². The van der Waals surface area contributed by atoms with Crippen molar-refractivity contribution in [2.24, 2.45) is 0 Å². The Hall–Kier alpha value is -3.32. The highest BCUT2D eigenvalue weighted by atomic mass is 35.5. The Kier molecular flexibility index (Phi) is 9.01. The summed E-state index contributed by atoms with van der Waals surface area (Å²) in [6.45, 7) is 6.27. The van der Waals surface area contributed by atoms with Gasteiger partial charge < -0.3 is 10.2 Å². The van der Waals surface area contributed by atoms with Gasteiger partial charge in [-0.2, -0.15) is 5.10 Å². The summed E-state index contributed by atoms with van der Waals surface area (Å²) in [5.41, 5.74) is 2.55. The van der Waals surface area contributed by atoms with Crippen LogP contribution in [0.2, 0.25) is 15.1 Å². The molecule has 0 bridgehead atoms. The number of carbonyl (C=O) groups is 2. The van der Waals surface area contributed by atoms with Gasteiger partial charge >= 0.3 is 0 Å². The maximum Gasteiger partial charge on any atom is 0.254 e. The van der Waals surface area contributed by atoms with Crippen LogP contribution in [-0.4, -0.2) is 39.6 Å². The van der Waals surface area contributed by atoms with E-state index in [0.29, 0.717) is 40.1 Å². The Morgan fingerprint density at radius 1 is 0.872 bits per heavy atom. The maximum atomic E-state index is 13.5. The van der Waals surface area contributed by atoms with Crippen LogP contribution in [0.3, 0.4) is 0 Å². The number of benzene rings is 3. The predicted molar refractivity (Wildman–Crippen MR) is 158 cm³/mol. The van der Waals surface area contributed by atoms with E-state index < -0.39 is 0 Å². The molecule has 0 aliphatic rings. The summed E-state index contributed by atoms with van der Waals surface area (Å²) < 4.78 is 1.62. The molecule has 0 spiro atoms. The van der Waals surface area contributed by atoms with Gasteiger partial charge in [0.2, 0.25) is 5.91 Å². The van der Waals surface area contributed by atoms with Gasteiger partial charge in [-0.15, -0.1) is 0 Å². The monoisotopic (exact) mass is 582 g/mol. The maximum absolute atomic E-state index is 13.5. The molecule has 0 aliphatic heterocycles. The van der Waals surface area contributed by atoms with Gasteiger partial charge in [-0.3, -0.25) is 9.59 Å². The fourth-order valence-corrected chi connectivity index (χ4v) is 4.49. The Morgan fingerprint density at radius 2 is 1.56 bits per heavy atom. The lowest BCUT2D eigenvalue weighted by Crippen LogP contribution is -2.39. The summed E-state index contributed by atoms with van der Waals surface area (Å²) in [7, 11) is 0. The Bertz CT molecular complexity index is 1480. The molecule has 39 heavy (non-hydrogen) atoms. The molecule has 0 saturated heterocycles. The third-order valence-corrected chi connectivity index (χ3v) is 7.19. The quantitative estimate of drug-likeness (QED) is 0.234. The molecule has 0 saturated carbocycles. The first kappa shape index (κ1) is 28.7. The average Bonchev–Trinajstić information content (AvgIpc) is 3.32. The number of hydrogen-bond donors (Lipinski definition) is 1. The van der Waals surface area contributed by atoms with Crippen LogP contribution >= 0.6 is 34.8 Å². The highest BCUT2D eigenvalue weighted by Crippen LogP contribution is 2.29. The van der Waals surface area contributed by atoms with Crippen molar-refractivity contribution in [3.63, 3.8) is 0 Å². The standard InChI is InChI=1S/C30H29Cl3N4O2/c1-30(2,3)26-18-27(37(35-26)25-12-8-7-11-23(25)32)34-28(38)19-36(16-15-20-9-5-4-6-10-20)29(39)21-13-14-22(31)24(33)17-21/h4-14,17-18H,15-16,19H2,1-3H3,(H,34,38). The minimum Gasteiger partial charge on any atom is -0.329 e. The van der Waals surface area contributed by atoms with Gasteiger partial charge in [0.15, 0.2) is 0 Å². The number of hydrogen-bond acceptors (Lipinski definition) is 3. The average molecular weight is 584 g/mol. The number of nitrogens with one attached hydrogen (secondary N) is 1. The number of anilines is 1. The summed E-state index contributed by atoms with van der Waals surface area (Å²) in [5.74, 6) is -0.234. The van der Waals surface area contributed by atoms with Gasteiger partial charge in [-0.05, 0) is 42.3 Å². The molecule has 1 aromatic heterocycles. The molecule has 0 atom stereocenters. The molecular weight excluding hydrogens is 555 g/mol. The van der Waals surface area contributed by atoms with Crippen molar-refractivity contribution >= 4 is 52.4 Å². The van der Waals surface area contributed by atoms with Crippen LogP contribution in [0.5, 0.6) is 0 Å². The zero-order valence-corrected chi connectivity index (χ0v) is 24.2. The second-order valence-electron chi connectivity index (χ2n) is 10.2. The van der Waals surface area contributed by atoms with E-state index in [4.69, 9.17) is 39.9 Å². The summed E-state index contributed by atoms with van der Waals surface area (Å²) in [5, 5.41) is 8.80. The fraction of sp³-hybridized carbons (Fsp3) is 0.233. The largest absolute Gasteiger partial charge is 0.329 e. The molecule has 0 radical (unpaired) electrons. The van der Waals surface area contributed by atoms with Gasteiger partial charge in [0, 0.05) is 23.6 Å². The Morgan fingerprint density at radius 3 is 2.23 bits per heavy atom. The van der Waals surface area contributed by atoms with E-state index in [-0.39, 0.29) is 28.8 Å². The number of para-hydroxylation sites is 1. The van der Waals surface area contributed by atoms with Gasteiger partial charge in [-0.25, -0.2) is 4.68 Å². The van der Waals surface area contributed by atoms with Gasteiger partial charge in [0.1, 0.15) is 12.4 Å². The highest BCUT2D eigenvalue weighted by Gasteiger charge is 2.24. The number of carbonyl (C=O) groups excluding carboxylic acids is 2. The molecule has 3 aromatic carbocycles. The molecule has 6 nitrogen and oxygen atoms in total. The first-order chi connectivity index (χ1) is 18.5. The smallest absolute Gasteiger partial charge is 0.254 e. The van der Waals surface area contributed by atoms with Crippen molar-refractivity contribution in [1.82, 2.24) is 14.7 Å². The first-order valence-electron chi connectivity index (χ1n) is 12.5. The number of aromatic nitrogens is 2. The summed E-state index contributed by atoms with van der Waals surface area (Å²) in [6, 6.07) is 23.6. The molecule has 0 fully saturated rings. The lowest BCUT2D eigenvalue weighted by Gasteiger charge is -2.23. The van der Waals surface area contributed by atoms with Crippen molar-refractivity contribution in [3.8, 4) is 5.69 Å². The van der Waals surface area contributed by atoms with E-state index in [1.54, 1.807) is 22.9 Å². The van der Waals surface area contributed by atoms with Crippen molar-refractivity contribution < 1.29 is 9.59 Å². The van der Waals surface area contributed by atoms with E-state index in [9.17, 15) is 9.59 Å². The van der Waals surface area contributed by atoms with Gasteiger partial charge in [-0.1, -0.05) is 98.0 Å². The molecule has 4 rings (SSSR count). The van der Waals surface area contributed by atoms with Crippen molar-refractivity contribution in [3.05, 3.63) is 111 Å². The van der Waals surface area contributed by atoms with Crippen LogP contribution in [0.1, 0.15) is 42.4 Å². The van der Waals surface area contributed by atoms with Crippen LogP contribution in [0, 0.1) is 0 Å². The third kappa shape index (κ3) is 7.21. The topological polar surface area (TPSA) is 67.2 Å². The van der Waals surface area contributed by atoms with Gasteiger partial charge in [0.05, 0.1) is 26.4 Å². The molecule has 202 valence electrons. The molecule has 9 heteroatoms.